The monoisotopic (exact) mass is 591 g/mol. The highest BCUT2D eigenvalue weighted by Gasteiger charge is 2.53. The van der Waals surface area contributed by atoms with Gasteiger partial charge in [-0.15, -0.1) is 10.2 Å². The molecule has 1 atom stereocenters. The number of nitrogens with zero attached hydrogens (tertiary/aromatic N) is 8. The number of carbonyl (C=O) groups is 1. The van der Waals surface area contributed by atoms with Gasteiger partial charge in [-0.1, -0.05) is 23.2 Å². The zero-order valence-electron chi connectivity index (χ0n) is 20.3. The summed E-state index contributed by atoms with van der Waals surface area (Å²) >= 11 is 12.1. The van der Waals surface area contributed by atoms with Crippen LogP contribution in [0, 0.1) is 16.7 Å². The van der Waals surface area contributed by atoms with Crippen LogP contribution in [-0.4, -0.2) is 52.2 Å². The van der Waals surface area contributed by atoms with Crippen molar-refractivity contribution >= 4 is 29.1 Å². The first-order chi connectivity index (χ1) is 19.0. The number of nitriles is 1. The quantitative estimate of drug-likeness (QED) is 0.331. The van der Waals surface area contributed by atoms with E-state index in [1.54, 1.807) is 18.2 Å². The number of nitrogens with one attached hydrogen (secondary N) is 1. The molecule has 1 unspecified atom stereocenters. The van der Waals surface area contributed by atoms with Gasteiger partial charge in [-0.25, -0.2) is 24.1 Å². The van der Waals surface area contributed by atoms with Crippen molar-refractivity contribution in [3.8, 4) is 23.3 Å². The predicted molar refractivity (Wildman–Crippen MR) is 135 cm³/mol. The summed E-state index contributed by atoms with van der Waals surface area (Å²) < 4.78 is 45.2. The average Bonchev–Trinajstić information content (AvgIpc) is 3.50. The van der Waals surface area contributed by atoms with E-state index < -0.39 is 35.8 Å². The second-order valence-corrected chi connectivity index (χ2v) is 9.90. The van der Waals surface area contributed by atoms with Crippen molar-refractivity contribution < 1.29 is 18.0 Å². The number of halogens is 5. The molecule has 16 heteroatoms. The van der Waals surface area contributed by atoms with Crippen LogP contribution in [0.2, 0.25) is 10.0 Å². The Morgan fingerprint density at radius 1 is 1.15 bits per heavy atom. The Hall–Kier alpha value is -4.22. The minimum Gasteiger partial charge on any atom is -0.342 e. The highest BCUT2D eigenvalue weighted by atomic mass is 35.5. The molecule has 40 heavy (non-hydrogen) atoms. The van der Waals surface area contributed by atoms with E-state index in [0.29, 0.717) is 15.6 Å². The third kappa shape index (κ3) is 5.43. The van der Waals surface area contributed by atoms with Crippen LogP contribution in [0.1, 0.15) is 18.7 Å². The summed E-state index contributed by atoms with van der Waals surface area (Å²) in [5, 5.41) is 20.3. The molecule has 0 aliphatic heterocycles. The zero-order chi connectivity index (χ0) is 28.7. The van der Waals surface area contributed by atoms with E-state index in [2.05, 4.69) is 20.2 Å². The summed E-state index contributed by atoms with van der Waals surface area (Å²) in [4.78, 5) is 34.1. The summed E-state index contributed by atoms with van der Waals surface area (Å²) in [5.41, 5.74) is -2.08. The van der Waals surface area contributed by atoms with E-state index in [0.717, 1.165) is 9.25 Å². The van der Waals surface area contributed by atoms with E-state index in [1.807, 2.05) is 5.32 Å². The Bertz CT molecular complexity index is 1670. The van der Waals surface area contributed by atoms with Gasteiger partial charge in [0.25, 0.3) is 0 Å². The lowest BCUT2D eigenvalue weighted by Gasteiger charge is -2.23. The maximum absolute atomic E-state index is 14.1. The minimum atomic E-state index is -4.93. The molecular formula is C24H18Cl2F3N9O2. The number of aromatic nitrogens is 7. The second-order valence-electron chi connectivity index (χ2n) is 9.06. The van der Waals surface area contributed by atoms with Gasteiger partial charge < -0.3 is 5.32 Å². The van der Waals surface area contributed by atoms with Gasteiger partial charge in [-0.05, 0) is 49.2 Å². The molecule has 1 aromatic carbocycles. The largest absolute Gasteiger partial charge is 0.410 e. The normalized spacial score (nSPS) is 14.9. The lowest BCUT2D eigenvalue weighted by atomic mass is 10.1. The van der Waals surface area contributed by atoms with Crippen molar-refractivity contribution in [2.45, 2.75) is 38.1 Å². The van der Waals surface area contributed by atoms with E-state index in [1.165, 1.54) is 41.5 Å². The molecule has 3 heterocycles. The second kappa shape index (κ2) is 10.4. The minimum absolute atomic E-state index is 0.0983. The van der Waals surface area contributed by atoms with Gasteiger partial charge in [-0.2, -0.15) is 18.4 Å². The van der Waals surface area contributed by atoms with Crippen molar-refractivity contribution in [3.63, 3.8) is 0 Å². The van der Waals surface area contributed by atoms with Crippen LogP contribution in [0.3, 0.4) is 0 Å². The highest BCUT2D eigenvalue weighted by Crippen LogP contribution is 2.45. The molecule has 5 rings (SSSR count). The molecule has 1 N–H and O–H groups in total. The summed E-state index contributed by atoms with van der Waals surface area (Å²) in [6.07, 6.45) is -1.77. The molecular weight excluding hydrogens is 574 g/mol. The van der Waals surface area contributed by atoms with Gasteiger partial charge in [-0.3, -0.25) is 9.36 Å². The molecule has 1 amide bonds. The molecule has 206 valence electrons. The lowest BCUT2D eigenvalue weighted by molar-refractivity contribution is -0.165. The van der Waals surface area contributed by atoms with Gasteiger partial charge >= 0.3 is 11.9 Å². The SMILES string of the molecule is N#CC1(C(=O)NC(Cn2c(-c3ccc(Cl)cc3)nn(Cc3ncn(-c4ncccc4Cl)n3)c2=O)C(F)(F)F)CC1. The number of benzene rings is 1. The van der Waals surface area contributed by atoms with E-state index in [4.69, 9.17) is 23.2 Å². The molecule has 3 aromatic heterocycles. The van der Waals surface area contributed by atoms with Gasteiger partial charge in [0.15, 0.2) is 17.5 Å². The fraction of sp³-hybridized carbons (Fsp3) is 0.292. The smallest absolute Gasteiger partial charge is 0.342 e. The van der Waals surface area contributed by atoms with E-state index >= 15 is 0 Å². The van der Waals surface area contributed by atoms with Gasteiger partial charge in [0, 0.05) is 16.8 Å². The molecule has 0 saturated heterocycles. The summed E-state index contributed by atoms with van der Waals surface area (Å²) in [7, 11) is 0. The van der Waals surface area contributed by atoms with Crippen LogP contribution in [0.25, 0.3) is 17.2 Å². The number of alkyl halides is 3. The fourth-order valence-corrected chi connectivity index (χ4v) is 4.23. The molecule has 1 saturated carbocycles. The van der Waals surface area contributed by atoms with Crippen LogP contribution < -0.4 is 11.0 Å². The van der Waals surface area contributed by atoms with Crippen LogP contribution >= 0.6 is 23.2 Å². The molecule has 1 aliphatic carbocycles. The number of hydrogen-bond acceptors (Lipinski definition) is 7. The topological polar surface area (TPSA) is 136 Å². The molecule has 11 nitrogen and oxygen atoms in total. The summed E-state index contributed by atoms with van der Waals surface area (Å²) in [6.45, 7) is -1.27. The van der Waals surface area contributed by atoms with Gasteiger partial charge in [0.2, 0.25) is 5.91 Å². The molecule has 4 aromatic rings. The predicted octanol–water partition coefficient (Wildman–Crippen LogP) is 3.39. The first kappa shape index (κ1) is 27.4. The maximum atomic E-state index is 14.1. The standard InChI is InChI=1S/C24H18Cl2F3N9O2/c25-15-5-3-14(4-6-15)19-35-37(11-18-32-13-38(34-18)20-16(26)2-1-9-31-20)22(40)36(19)10-17(24(27,28)29)33-21(39)23(12-30)7-8-23/h1-6,9,13,17H,7-8,10-11H2,(H,33,39). The van der Waals surface area contributed by atoms with Gasteiger partial charge in [0.05, 0.1) is 17.6 Å². The Morgan fingerprint density at radius 2 is 1.88 bits per heavy atom. The summed E-state index contributed by atoms with van der Waals surface area (Å²) in [5.74, 6) is -0.730. The Labute approximate surface area is 233 Å². The van der Waals surface area contributed by atoms with Crippen molar-refractivity contribution in [2.75, 3.05) is 0 Å². The molecule has 0 radical (unpaired) electrons. The number of hydrogen-bond donors (Lipinski definition) is 1. The van der Waals surface area contributed by atoms with Gasteiger partial charge in [0.1, 0.15) is 24.3 Å². The van der Waals surface area contributed by atoms with Crippen molar-refractivity contribution in [3.05, 3.63) is 75.3 Å². The van der Waals surface area contributed by atoms with Crippen LogP contribution in [-0.2, 0) is 17.9 Å². The van der Waals surface area contributed by atoms with Crippen LogP contribution in [0.4, 0.5) is 13.2 Å². The molecule has 0 bridgehead atoms. The fourth-order valence-electron chi connectivity index (χ4n) is 3.90. The summed E-state index contributed by atoms with van der Waals surface area (Å²) in [6, 6.07) is 8.54. The number of rotatable bonds is 8. The molecule has 1 aliphatic rings. The van der Waals surface area contributed by atoms with Crippen LogP contribution in [0.15, 0.2) is 53.7 Å². The van der Waals surface area contributed by atoms with Crippen molar-refractivity contribution in [2.24, 2.45) is 5.41 Å². The maximum Gasteiger partial charge on any atom is 0.410 e. The Morgan fingerprint density at radius 3 is 2.50 bits per heavy atom. The molecule has 0 spiro atoms. The van der Waals surface area contributed by atoms with Crippen molar-refractivity contribution in [1.82, 2.24) is 39.4 Å². The van der Waals surface area contributed by atoms with Crippen LogP contribution in [0.5, 0.6) is 0 Å². The lowest BCUT2D eigenvalue weighted by Crippen LogP contribution is -2.51. The Kier molecular flexibility index (Phi) is 7.11. The van der Waals surface area contributed by atoms with E-state index in [9.17, 15) is 28.0 Å². The number of pyridine rings is 1. The Balaban J connectivity index is 1.50. The number of amides is 1. The first-order valence-electron chi connectivity index (χ1n) is 11.7. The third-order valence-electron chi connectivity index (χ3n) is 6.28. The van der Waals surface area contributed by atoms with E-state index in [-0.39, 0.29) is 36.9 Å². The highest BCUT2D eigenvalue weighted by molar-refractivity contribution is 6.32. The van der Waals surface area contributed by atoms with Crippen molar-refractivity contribution in [1.29, 1.82) is 5.26 Å². The number of carbonyl (C=O) groups excluding carboxylic acids is 1. The average molecular weight is 592 g/mol. The first-order valence-corrected chi connectivity index (χ1v) is 12.5. The molecule has 1 fully saturated rings. The zero-order valence-corrected chi connectivity index (χ0v) is 21.8. The third-order valence-corrected chi connectivity index (χ3v) is 6.82.